The zero-order chi connectivity index (χ0) is 15.6. The van der Waals surface area contributed by atoms with Crippen molar-refractivity contribution in [2.75, 3.05) is 0 Å². The van der Waals surface area contributed by atoms with Gasteiger partial charge in [0.2, 0.25) is 0 Å². The Labute approximate surface area is 134 Å². The van der Waals surface area contributed by atoms with Crippen LogP contribution in [-0.2, 0) is 13.5 Å². The van der Waals surface area contributed by atoms with Gasteiger partial charge in [-0.1, -0.05) is 28.9 Å². The van der Waals surface area contributed by atoms with Crippen molar-refractivity contribution in [2.24, 2.45) is 12.8 Å². The molecule has 0 radical (unpaired) electrons. The molecule has 1 aromatic carbocycles. The van der Waals surface area contributed by atoms with E-state index in [9.17, 15) is 0 Å². The molecule has 5 heteroatoms. The van der Waals surface area contributed by atoms with Crippen LogP contribution in [0.1, 0.15) is 30.3 Å². The minimum atomic E-state index is 0.143. The number of rotatable bonds is 5. The number of aromatic nitrogens is 2. The summed E-state index contributed by atoms with van der Waals surface area (Å²) in [4.78, 5) is 0. The first-order valence-corrected chi connectivity index (χ1v) is 7.93. The van der Waals surface area contributed by atoms with Crippen LogP contribution in [0.3, 0.4) is 0 Å². The highest BCUT2D eigenvalue weighted by atomic mass is 79.9. The van der Waals surface area contributed by atoms with Crippen molar-refractivity contribution >= 4 is 15.9 Å². The van der Waals surface area contributed by atoms with E-state index in [0.29, 0.717) is 0 Å². The molecular formula is C16H22BrN3O. The maximum absolute atomic E-state index is 6.15. The van der Waals surface area contributed by atoms with E-state index < -0.39 is 0 Å². The predicted molar refractivity (Wildman–Crippen MR) is 88.9 cm³/mol. The number of nitrogens with two attached hydrogens (primary N) is 1. The highest BCUT2D eigenvalue weighted by molar-refractivity contribution is 9.10. The van der Waals surface area contributed by atoms with Gasteiger partial charge in [-0.3, -0.25) is 4.68 Å². The number of hydrogen-bond donors (Lipinski definition) is 1. The Hall–Kier alpha value is -1.33. The normalized spacial score (nSPS) is 12.5. The van der Waals surface area contributed by atoms with Gasteiger partial charge in [-0.15, -0.1) is 0 Å². The summed E-state index contributed by atoms with van der Waals surface area (Å²) >= 11 is 3.50. The Bertz CT molecular complexity index is 637. The average Bonchev–Trinajstić information content (AvgIpc) is 2.68. The van der Waals surface area contributed by atoms with Crippen LogP contribution in [0.15, 0.2) is 22.7 Å². The number of aryl methyl sites for hydroxylation is 2. The number of hydrogen-bond acceptors (Lipinski definition) is 3. The predicted octanol–water partition coefficient (Wildman–Crippen LogP) is 3.87. The number of nitrogens with zero attached hydrogens (tertiary/aromatic N) is 2. The summed E-state index contributed by atoms with van der Waals surface area (Å²) in [7, 11) is 1.92. The van der Waals surface area contributed by atoms with Crippen molar-refractivity contribution in [3.05, 3.63) is 39.6 Å². The van der Waals surface area contributed by atoms with Gasteiger partial charge < -0.3 is 10.5 Å². The minimum Gasteiger partial charge on any atom is -0.453 e. The first-order valence-electron chi connectivity index (χ1n) is 7.14. The van der Waals surface area contributed by atoms with Crippen LogP contribution in [0.5, 0.6) is 11.5 Å². The van der Waals surface area contributed by atoms with Crippen molar-refractivity contribution in [1.82, 2.24) is 9.78 Å². The van der Waals surface area contributed by atoms with Crippen LogP contribution in [0.4, 0.5) is 0 Å². The van der Waals surface area contributed by atoms with Crippen LogP contribution < -0.4 is 10.5 Å². The lowest BCUT2D eigenvalue weighted by molar-refractivity contribution is 0.464. The van der Waals surface area contributed by atoms with Gasteiger partial charge in [-0.25, -0.2) is 0 Å². The molecule has 0 aliphatic carbocycles. The van der Waals surface area contributed by atoms with E-state index in [2.05, 4.69) is 34.0 Å². The van der Waals surface area contributed by atoms with E-state index in [-0.39, 0.29) is 6.04 Å². The van der Waals surface area contributed by atoms with Crippen LogP contribution >= 0.6 is 15.9 Å². The molecule has 1 heterocycles. The molecule has 0 fully saturated rings. The Morgan fingerprint density at radius 3 is 2.67 bits per heavy atom. The van der Waals surface area contributed by atoms with Crippen LogP contribution in [0.2, 0.25) is 0 Å². The van der Waals surface area contributed by atoms with E-state index in [0.717, 1.165) is 45.8 Å². The largest absolute Gasteiger partial charge is 0.453 e. The zero-order valence-corrected chi connectivity index (χ0v) is 14.6. The Morgan fingerprint density at radius 1 is 1.38 bits per heavy atom. The summed E-state index contributed by atoms with van der Waals surface area (Å²) in [6, 6.07) is 6.22. The zero-order valence-electron chi connectivity index (χ0n) is 13.0. The van der Waals surface area contributed by atoms with Crippen molar-refractivity contribution < 1.29 is 4.74 Å². The average molecular weight is 352 g/mol. The SMILES string of the molecule is CCC(N)Cc1ccc(Br)cc1Oc1c(C)nn(C)c1C. The lowest BCUT2D eigenvalue weighted by Crippen LogP contribution is -2.21. The highest BCUT2D eigenvalue weighted by Gasteiger charge is 2.15. The maximum atomic E-state index is 6.15. The minimum absolute atomic E-state index is 0.143. The molecule has 1 atom stereocenters. The lowest BCUT2D eigenvalue weighted by Gasteiger charge is -2.15. The van der Waals surface area contributed by atoms with Gasteiger partial charge in [-0.05, 0) is 44.4 Å². The van der Waals surface area contributed by atoms with Crippen molar-refractivity contribution in [3.63, 3.8) is 0 Å². The molecule has 0 aliphatic heterocycles. The molecule has 1 unspecified atom stereocenters. The van der Waals surface area contributed by atoms with E-state index in [1.54, 1.807) is 0 Å². The van der Waals surface area contributed by atoms with Crippen LogP contribution in [0.25, 0.3) is 0 Å². The Kier molecular flexibility index (Phi) is 5.06. The Balaban J connectivity index is 2.36. The molecule has 2 N–H and O–H groups in total. The summed E-state index contributed by atoms with van der Waals surface area (Å²) in [6.45, 7) is 6.06. The lowest BCUT2D eigenvalue weighted by atomic mass is 10.0. The van der Waals surface area contributed by atoms with E-state index in [4.69, 9.17) is 10.5 Å². The van der Waals surface area contributed by atoms with Crippen LogP contribution in [0, 0.1) is 13.8 Å². The fraction of sp³-hybridized carbons (Fsp3) is 0.438. The quantitative estimate of drug-likeness (QED) is 0.889. The molecule has 0 saturated carbocycles. The molecule has 21 heavy (non-hydrogen) atoms. The van der Waals surface area contributed by atoms with E-state index in [1.807, 2.05) is 37.7 Å². The second kappa shape index (κ2) is 6.62. The fourth-order valence-corrected chi connectivity index (χ4v) is 2.57. The standard InChI is InChI=1S/C16H22BrN3O/c1-5-14(18)8-12-6-7-13(17)9-15(12)21-16-10(2)19-20(4)11(16)3/h6-7,9,14H,5,8,18H2,1-4H3. The summed E-state index contributed by atoms with van der Waals surface area (Å²) in [5.41, 5.74) is 9.11. The summed E-state index contributed by atoms with van der Waals surface area (Å²) in [6.07, 6.45) is 1.75. The van der Waals surface area contributed by atoms with E-state index >= 15 is 0 Å². The molecule has 0 bridgehead atoms. The molecule has 0 amide bonds. The number of ether oxygens (including phenoxy) is 1. The van der Waals surface area contributed by atoms with Gasteiger partial charge >= 0.3 is 0 Å². The molecule has 0 aliphatic rings. The number of benzene rings is 1. The first-order chi connectivity index (χ1) is 9.92. The molecule has 1 aromatic heterocycles. The second-order valence-electron chi connectivity index (χ2n) is 5.35. The fourth-order valence-electron chi connectivity index (χ4n) is 2.23. The highest BCUT2D eigenvalue weighted by Crippen LogP contribution is 2.33. The summed E-state index contributed by atoms with van der Waals surface area (Å²) < 4.78 is 8.97. The third kappa shape index (κ3) is 3.66. The van der Waals surface area contributed by atoms with Gasteiger partial charge in [0, 0.05) is 17.6 Å². The third-order valence-corrected chi connectivity index (χ3v) is 4.18. The molecule has 0 spiro atoms. The first kappa shape index (κ1) is 16.0. The Morgan fingerprint density at radius 2 is 2.10 bits per heavy atom. The van der Waals surface area contributed by atoms with Crippen LogP contribution in [-0.4, -0.2) is 15.8 Å². The number of halogens is 1. The van der Waals surface area contributed by atoms with Gasteiger partial charge in [0.05, 0.1) is 5.69 Å². The molecule has 4 nitrogen and oxygen atoms in total. The second-order valence-corrected chi connectivity index (χ2v) is 6.27. The third-order valence-electron chi connectivity index (χ3n) is 3.69. The maximum Gasteiger partial charge on any atom is 0.171 e. The summed E-state index contributed by atoms with van der Waals surface area (Å²) in [5, 5.41) is 4.39. The molecule has 2 rings (SSSR count). The van der Waals surface area contributed by atoms with Gasteiger partial charge in [0.25, 0.3) is 0 Å². The molecule has 0 saturated heterocycles. The topological polar surface area (TPSA) is 53.1 Å². The van der Waals surface area contributed by atoms with Crippen molar-refractivity contribution in [3.8, 4) is 11.5 Å². The molecule has 114 valence electrons. The molecule has 2 aromatic rings. The van der Waals surface area contributed by atoms with Crippen molar-refractivity contribution in [2.45, 2.75) is 39.7 Å². The van der Waals surface area contributed by atoms with E-state index in [1.165, 1.54) is 0 Å². The van der Waals surface area contributed by atoms with Crippen molar-refractivity contribution in [1.29, 1.82) is 0 Å². The monoisotopic (exact) mass is 351 g/mol. The molecular weight excluding hydrogens is 330 g/mol. The van der Waals surface area contributed by atoms with Gasteiger partial charge in [0.15, 0.2) is 5.75 Å². The van der Waals surface area contributed by atoms with Gasteiger partial charge in [0.1, 0.15) is 11.4 Å². The summed E-state index contributed by atoms with van der Waals surface area (Å²) in [5.74, 6) is 1.66. The smallest absolute Gasteiger partial charge is 0.171 e. The van der Waals surface area contributed by atoms with Gasteiger partial charge in [-0.2, -0.15) is 5.10 Å².